The molecule has 2 fully saturated rings. The molecule has 2 atom stereocenters. The Morgan fingerprint density at radius 3 is 2.66 bits per heavy atom. The van der Waals surface area contributed by atoms with Gasteiger partial charge >= 0.3 is 0 Å². The summed E-state index contributed by atoms with van der Waals surface area (Å²) in [4.78, 5) is 37.1. The number of hydrogen-bond donors (Lipinski definition) is 0. The van der Waals surface area contributed by atoms with Crippen LogP contribution in [0.25, 0.3) is 11.3 Å². The molecule has 1 amide bonds. The maximum atomic E-state index is 14.1. The van der Waals surface area contributed by atoms with Gasteiger partial charge in [0.15, 0.2) is 5.82 Å². The number of carbonyl (C=O) groups excluding carboxylic acids is 1. The maximum Gasteiger partial charge on any atom is 0.255 e. The standard InChI is InChI=1S/C21H26FN5O2/c1-12(2)7-19(29)27-10-14-15(11-27)20(14)26(4)21-24-17(8-18(28)25(21)3)13-5-6-23-9-16(13)22/h5-6,8-9,12,14-15,20H,7,10-11H2,1-4H3. The molecule has 2 unspecified atom stereocenters. The van der Waals surface area contributed by atoms with E-state index in [9.17, 15) is 14.0 Å². The van der Waals surface area contributed by atoms with Crippen molar-refractivity contribution in [2.75, 3.05) is 25.0 Å². The van der Waals surface area contributed by atoms with Crippen LogP contribution in [0.2, 0.25) is 0 Å². The van der Waals surface area contributed by atoms with E-state index in [0.29, 0.717) is 35.8 Å². The van der Waals surface area contributed by atoms with Crippen LogP contribution in [-0.2, 0) is 11.8 Å². The number of halogens is 1. The Bertz CT molecular complexity index is 993. The van der Waals surface area contributed by atoms with Crippen molar-refractivity contribution in [1.29, 1.82) is 0 Å². The predicted molar refractivity (Wildman–Crippen MR) is 108 cm³/mol. The second-order valence-corrected chi connectivity index (χ2v) is 8.52. The van der Waals surface area contributed by atoms with Gasteiger partial charge in [0.25, 0.3) is 5.56 Å². The topological polar surface area (TPSA) is 71.3 Å². The van der Waals surface area contributed by atoms with E-state index < -0.39 is 5.82 Å². The van der Waals surface area contributed by atoms with Crippen LogP contribution in [0.3, 0.4) is 0 Å². The molecule has 7 nitrogen and oxygen atoms in total. The third kappa shape index (κ3) is 3.52. The van der Waals surface area contributed by atoms with Crippen LogP contribution in [0.4, 0.5) is 10.3 Å². The van der Waals surface area contributed by atoms with Crippen molar-refractivity contribution in [2.24, 2.45) is 24.8 Å². The molecule has 2 aromatic rings. The third-order valence-corrected chi connectivity index (χ3v) is 6.01. The first-order valence-electron chi connectivity index (χ1n) is 9.96. The van der Waals surface area contributed by atoms with Gasteiger partial charge in [-0.3, -0.25) is 19.1 Å². The zero-order chi connectivity index (χ0) is 20.9. The summed E-state index contributed by atoms with van der Waals surface area (Å²) in [5.74, 6) is 1.33. The highest BCUT2D eigenvalue weighted by Gasteiger charge is 2.59. The molecule has 0 N–H and O–H groups in total. The van der Waals surface area contributed by atoms with Gasteiger partial charge in [0.05, 0.1) is 11.9 Å². The van der Waals surface area contributed by atoms with E-state index in [1.165, 1.54) is 22.9 Å². The minimum absolute atomic E-state index is 0.217. The van der Waals surface area contributed by atoms with Crippen molar-refractivity contribution in [2.45, 2.75) is 26.3 Å². The molecule has 1 saturated heterocycles. The van der Waals surface area contributed by atoms with Crippen molar-refractivity contribution in [3.8, 4) is 11.3 Å². The predicted octanol–water partition coefficient (Wildman–Crippen LogP) is 1.92. The van der Waals surface area contributed by atoms with E-state index in [4.69, 9.17) is 0 Å². The van der Waals surface area contributed by atoms with Crippen LogP contribution in [0.15, 0.2) is 29.3 Å². The smallest absolute Gasteiger partial charge is 0.255 e. The highest BCUT2D eigenvalue weighted by molar-refractivity contribution is 5.77. The first-order valence-corrected chi connectivity index (χ1v) is 9.96. The number of nitrogens with zero attached hydrogens (tertiary/aromatic N) is 5. The summed E-state index contributed by atoms with van der Waals surface area (Å²) < 4.78 is 15.6. The molecular weight excluding hydrogens is 373 g/mol. The van der Waals surface area contributed by atoms with Crippen LogP contribution in [-0.4, -0.2) is 51.5 Å². The number of hydrogen-bond acceptors (Lipinski definition) is 5. The number of anilines is 1. The van der Waals surface area contributed by atoms with E-state index in [1.54, 1.807) is 7.05 Å². The van der Waals surface area contributed by atoms with Gasteiger partial charge in [-0.1, -0.05) is 13.8 Å². The van der Waals surface area contributed by atoms with Gasteiger partial charge in [-0.25, -0.2) is 9.37 Å². The molecule has 0 aromatic carbocycles. The van der Waals surface area contributed by atoms with Crippen LogP contribution < -0.4 is 10.5 Å². The number of amides is 1. The molecule has 4 rings (SSSR count). The highest BCUT2D eigenvalue weighted by Crippen LogP contribution is 2.49. The molecule has 1 aliphatic heterocycles. The summed E-state index contributed by atoms with van der Waals surface area (Å²) in [6, 6.07) is 3.09. The number of pyridine rings is 1. The van der Waals surface area contributed by atoms with Crippen LogP contribution in [0.1, 0.15) is 20.3 Å². The van der Waals surface area contributed by atoms with Crippen molar-refractivity contribution in [3.05, 3.63) is 40.7 Å². The number of rotatable bonds is 5. The monoisotopic (exact) mass is 399 g/mol. The van der Waals surface area contributed by atoms with Gasteiger partial charge in [-0.2, -0.15) is 0 Å². The number of aromatic nitrogens is 3. The Labute approximate surface area is 169 Å². The summed E-state index contributed by atoms with van der Waals surface area (Å²) in [7, 11) is 3.59. The SMILES string of the molecule is CC(C)CC(=O)N1CC2C(C1)C2N(C)c1nc(-c2ccncc2F)cc(=O)n1C. The average molecular weight is 399 g/mol. The van der Waals surface area contributed by atoms with Crippen molar-refractivity contribution in [1.82, 2.24) is 19.4 Å². The molecule has 1 saturated carbocycles. The second kappa shape index (κ2) is 7.24. The number of likely N-dealkylation sites (tertiary alicyclic amines) is 1. The Morgan fingerprint density at radius 2 is 2.03 bits per heavy atom. The van der Waals surface area contributed by atoms with Crippen molar-refractivity contribution in [3.63, 3.8) is 0 Å². The van der Waals surface area contributed by atoms with E-state index in [2.05, 4.69) is 23.8 Å². The molecule has 3 heterocycles. The van der Waals surface area contributed by atoms with E-state index in [-0.39, 0.29) is 23.1 Å². The third-order valence-electron chi connectivity index (χ3n) is 6.01. The van der Waals surface area contributed by atoms with Crippen LogP contribution in [0, 0.1) is 23.6 Å². The lowest BCUT2D eigenvalue weighted by Gasteiger charge is -2.26. The van der Waals surface area contributed by atoms with Gasteiger partial charge in [0, 0.05) is 69.3 Å². The fraction of sp³-hybridized carbons (Fsp3) is 0.524. The van der Waals surface area contributed by atoms with Gasteiger partial charge in [0.2, 0.25) is 11.9 Å². The number of piperidine rings is 1. The quantitative estimate of drug-likeness (QED) is 0.768. The van der Waals surface area contributed by atoms with Gasteiger partial charge < -0.3 is 9.80 Å². The number of carbonyl (C=O) groups is 1. The van der Waals surface area contributed by atoms with Crippen LogP contribution in [0.5, 0.6) is 0 Å². The fourth-order valence-corrected chi connectivity index (χ4v) is 4.45. The van der Waals surface area contributed by atoms with Gasteiger partial charge in [0.1, 0.15) is 0 Å². The molecule has 8 heteroatoms. The normalized spacial score (nSPS) is 22.7. The fourth-order valence-electron chi connectivity index (χ4n) is 4.45. The largest absolute Gasteiger partial charge is 0.342 e. The molecular formula is C21H26FN5O2. The molecule has 0 spiro atoms. The second-order valence-electron chi connectivity index (χ2n) is 8.52. The Morgan fingerprint density at radius 1 is 1.34 bits per heavy atom. The molecule has 29 heavy (non-hydrogen) atoms. The molecule has 2 aliphatic rings. The molecule has 154 valence electrons. The first-order chi connectivity index (χ1) is 13.8. The van der Waals surface area contributed by atoms with Crippen LogP contribution >= 0.6 is 0 Å². The Balaban J connectivity index is 1.54. The first kappa shape index (κ1) is 19.5. The van der Waals surface area contributed by atoms with Gasteiger partial charge in [-0.15, -0.1) is 0 Å². The van der Waals surface area contributed by atoms with Crippen molar-refractivity contribution < 1.29 is 9.18 Å². The van der Waals surface area contributed by atoms with E-state index in [0.717, 1.165) is 19.3 Å². The Kier molecular flexibility index (Phi) is 4.88. The summed E-state index contributed by atoms with van der Waals surface area (Å²) in [6.45, 7) is 5.60. The van der Waals surface area contributed by atoms with E-state index >= 15 is 0 Å². The summed E-state index contributed by atoms with van der Waals surface area (Å²) in [5, 5.41) is 0. The van der Waals surface area contributed by atoms with E-state index in [1.807, 2.05) is 16.8 Å². The van der Waals surface area contributed by atoms with Gasteiger partial charge in [-0.05, 0) is 12.0 Å². The molecule has 1 aliphatic carbocycles. The lowest BCUT2D eigenvalue weighted by Crippen LogP contribution is -2.38. The minimum Gasteiger partial charge on any atom is -0.342 e. The summed E-state index contributed by atoms with van der Waals surface area (Å²) in [6.07, 6.45) is 3.18. The number of fused-ring (bicyclic) bond motifs is 1. The minimum atomic E-state index is -0.510. The Hall–Kier alpha value is -2.77. The summed E-state index contributed by atoms with van der Waals surface area (Å²) >= 11 is 0. The molecule has 2 aromatic heterocycles. The average Bonchev–Trinajstić information content (AvgIpc) is 3.16. The zero-order valence-corrected chi connectivity index (χ0v) is 17.2. The van der Waals surface area contributed by atoms with Crippen molar-refractivity contribution >= 4 is 11.9 Å². The maximum absolute atomic E-state index is 14.1. The lowest BCUT2D eigenvalue weighted by molar-refractivity contribution is -0.131. The highest BCUT2D eigenvalue weighted by atomic mass is 19.1. The summed E-state index contributed by atoms with van der Waals surface area (Å²) in [5.41, 5.74) is 0.316. The lowest BCUT2D eigenvalue weighted by atomic mass is 10.1. The zero-order valence-electron chi connectivity index (χ0n) is 17.2. The molecule has 0 bridgehead atoms. The molecule has 0 radical (unpaired) electrons.